The number of rotatable bonds is 5. The van der Waals surface area contributed by atoms with Gasteiger partial charge in [0.05, 0.1) is 0 Å². The van der Waals surface area contributed by atoms with Crippen molar-refractivity contribution in [1.82, 2.24) is 16.0 Å². The molecule has 0 aromatic rings. The van der Waals surface area contributed by atoms with E-state index < -0.39 is 6.04 Å². The van der Waals surface area contributed by atoms with Crippen LogP contribution in [0.25, 0.3) is 0 Å². The smallest absolute Gasteiger partial charge is 0.242 e. The van der Waals surface area contributed by atoms with Crippen LogP contribution in [0.15, 0.2) is 0 Å². The molecule has 112 valence electrons. The third kappa shape index (κ3) is 3.51. The van der Waals surface area contributed by atoms with Gasteiger partial charge < -0.3 is 16.0 Å². The zero-order valence-corrected chi connectivity index (χ0v) is 12.2. The topological polar surface area (TPSA) is 70.2 Å². The van der Waals surface area contributed by atoms with Crippen molar-refractivity contribution in [2.45, 2.75) is 76.0 Å². The predicted molar refractivity (Wildman–Crippen MR) is 76.1 cm³/mol. The highest BCUT2D eigenvalue weighted by molar-refractivity contribution is 5.87. The van der Waals surface area contributed by atoms with Gasteiger partial charge in [-0.3, -0.25) is 9.59 Å². The Morgan fingerprint density at radius 1 is 1.15 bits per heavy atom. The van der Waals surface area contributed by atoms with E-state index in [-0.39, 0.29) is 11.8 Å². The number of piperidine rings is 1. The quantitative estimate of drug-likeness (QED) is 0.693. The molecule has 2 aliphatic heterocycles. The molecular weight excluding hydrogens is 254 g/mol. The minimum Gasteiger partial charge on any atom is -0.352 e. The van der Waals surface area contributed by atoms with Gasteiger partial charge in [-0.1, -0.05) is 0 Å². The van der Waals surface area contributed by atoms with Gasteiger partial charge in [0.2, 0.25) is 11.8 Å². The second kappa shape index (κ2) is 5.72. The highest BCUT2D eigenvalue weighted by Crippen LogP contribution is 2.32. The highest BCUT2D eigenvalue weighted by atomic mass is 16.2. The summed E-state index contributed by atoms with van der Waals surface area (Å²) in [5, 5.41) is 9.35. The zero-order chi connectivity index (χ0) is 14.1. The van der Waals surface area contributed by atoms with Crippen molar-refractivity contribution >= 4 is 11.8 Å². The summed E-state index contributed by atoms with van der Waals surface area (Å²) < 4.78 is 0. The summed E-state index contributed by atoms with van der Waals surface area (Å²) in [7, 11) is 0. The Labute approximate surface area is 120 Å². The molecule has 3 N–H and O–H groups in total. The average Bonchev–Trinajstić information content (AvgIpc) is 3.13. The molecule has 5 heteroatoms. The van der Waals surface area contributed by atoms with E-state index in [4.69, 9.17) is 0 Å². The molecule has 2 heterocycles. The third-order valence-corrected chi connectivity index (χ3v) is 4.74. The Morgan fingerprint density at radius 2 is 1.80 bits per heavy atom. The minimum atomic E-state index is -0.415. The zero-order valence-electron chi connectivity index (χ0n) is 12.2. The average molecular weight is 279 g/mol. The normalized spacial score (nSPS) is 33.5. The molecule has 2 saturated heterocycles. The predicted octanol–water partition coefficient (Wildman–Crippen LogP) is 0.690. The molecule has 1 aliphatic carbocycles. The summed E-state index contributed by atoms with van der Waals surface area (Å²) in [5.74, 6) is 0.452. The lowest BCUT2D eigenvalue weighted by Gasteiger charge is -2.28. The molecule has 5 nitrogen and oxygen atoms in total. The van der Waals surface area contributed by atoms with Crippen molar-refractivity contribution in [2.24, 2.45) is 5.92 Å². The van der Waals surface area contributed by atoms with Crippen LogP contribution >= 0.6 is 0 Å². The number of amides is 2. The van der Waals surface area contributed by atoms with Crippen LogP contribution in [-0.2, 0) is 9.59 Å². The molecule has 1 saturated carbocycles. The molecule has 0 aromatic carbocycles. The van der Waals surface area contributed by atoms with Gasteiger partial charge in [-0.25, -0.2) is 0 Å². The molecule has 3 fully saturated rings. The SMILES string of the molecule is CC(NC(=O)CC1CC2CCC(C1)N2)C(=O)NC1CC1. The van der Waals surface area contributed by atoms with Crippen molar-refractivity contribution in [1.29, 1.82) is 0 Å². The van der Waals surface area contributed by atoms with Gasteiger partial charge >= 0.3 is 0 Å². The Balaban J connectivity index is 1.41. The van der Waals surface area contributed by atoms with Crippen LogP contribution in [0.2, 0.25) is 0 Å². The lowest BCUT2D eigenvalue weighted by Crippen LogP contribution is -2.46. The summed E-state index contributed by atoms with van der Waals surface area (Å²) in [5.41, 5.74) is 0. The molecule has 3 rings (SSSR count). The Bertz CT molecular complexity index is 383. The fourth-order valence-electron chi connectivity index (χ4n) is 3.52. The van der Waals surface area contributed by atoms with Crippen LogP contribution in [0.5, 0.6) is 0 Å². The maximum atomic E-state index is 12.0. The van der Waals surface area contributed by atoms with Gasteiger partial charge in [0.15, 0.2) is 0 Å². The first kappa shape index (κ1) is 13.9. The maximum Gasteiger partial charge on any atom is 0.242 e. The number of nitrogens with one attached hydrogen (secondary N) is 3. The van der Waals surface area contributed by atoms with Crippen molar-refractivity contribution in [3.63, 3.8) is 0 Å². The van der Waals surface area contributed by atoms with E-state index in [9.17, 15) is 9.59 Å². The Hall–Kier alpha value is -1.10. The summed E-state index contributed by atoms with van der Waals surface area (Å²) in [6.45, 7) is 1.77. The summed E-state index contributed by atoms with van der Waals surface area (Å²) >= 11 is 0. The molecule has 2 bridgehead atoms. The molecular formula is C15H25N3O2. The number of hydrogen-bond donors (Lipinski definition) is 3. The molecule has 20 heavy (non-hydrogen) atoms. The van der Waals surface area contributed by atoms with Crippen LogP contribution in [0.1, 0.15) is 51.9 Å². The fourth-order valence-corrected chi connectivity index (χ4v) is 3.52. The van der Waals surface area contributed by atoms with Gasteiger partial charge in [-0.15, -0.1) is 0 Å². The van der Waals surface area contributed by atoms with E-state index in [1.165, 1.54) is 12.8 Å². The second-order valence-electron chi connectivity index (χ2n) is 6.75. The molecule has 2 amide bonds. The van der Waals surface area contributed by atoms with E-state index in [2.05, 4.69) is 16.0 Å². The monoisotopic (exact) mass is 279 g/mol. The van der Waals surface area contributed by atoms with E-state index in [0.29, 0.717) is 30.5 Å². The van der Waals surface area contributed by atoms with E-state index in [1.54, 1.807) is 6.92 Å². The molecule has 0 aromatic heterocycles. The van der Waals surface area contributed by atoms with Crippen LogP contribution in [0, 0.1) is 5.92 Å². The van der Waals surface area contributed by atoms with Crippen LogP contribution < -0.4 is 16.0 Å². The lowest BCUT2D eigenvalue weighted by molar-refractivity contribution is -0.129. The van der Waals surface area contributed by atoms with E-state index in [0.717, 1.165) is 25.7 Å². The first-order valence-electron chi connectivity index (χ1n) is 7.96. The van der Waals surface area contributed by atoms with Crippen LogP contribution in [0.3, 0.4) is 0 Å². The van der Waals surface area contributed by atoms with Crippen LogP contribution in [-0.4, -0.2) is 36.0 Å². The molecule has 3 aliphatic rings. The number of carbonyl (C=O) groups excluding carboxylic acids is 2. The summed E-state index contributed by atoms with van der Waals surface area (Å²) in [6, 6.07) is 1.16. The third-order valence-electron chi connectivity index (χ3n) is 4.74. The van der Waals surface area contributed by atoms with Gasteiger partial charge in [0.1, 0.15) is 6.04 Å². The highest BCUT2D eigenvalue weighted by Gasteiger charge is 2.34. The van der Waals surface area contributed by atoms with Gasteiger partial charge in [-0.2, -0.15) is 0 Å². The first-order valence-corrected chi connectivity index (χ1v) is 7.96. The largest absolute Gasteiger partial charge is 0.352 e. The molecule has 3 atom stereocenters. The van der Waals surface area contributed by atoms with E-state index >= 15 is 0 Å². The fraction of sp³-hybridized carbons (Fsp3) is 0.867. The van der Waals surface area contributed by atoms with E-state index in [1.807, 2.05) is 0 Å². The van der Waals surface area contributed by atoms with Crippen molar-refractivity contribution in [2.75, 3.05) is 0 Å². The molecule has 0 radical (unpaired) electrons. The van der Waals surface area contributed by atoms with Gasteiger partial charge in [-0.05, 0) is 51.4 Å². The summed E-state index contributed by atoms with van der Waals surface area (Å²) in [4.78, 5) is 23.8. The first-order chi connectivity index (χ1) is 9.60. The Kier molecular flexibility index (Phi) is 3.96. The minimum absolute atomic E-state index is 0.0229. The van der Waals surface area contributed by atoms with Crippen molar-refractivity contribution in [3.05, 3.63) is 0 Å². The summed E-state index contributed by atoms with van der Waals surface area (Å²) in [6.07, 6.45) is 7.43. The number of fused-ring (bicyclic) bond motifs is 2. The van der Waals surface area contributed by atoms with Gasteiger partial charge in [0.25, 0.3) is 0 Å². The van der Waals surface area contributed by atoms with Crippen molar-refractivity contribution in [3.8, 4) is 0 Å². The maximum absolute atomic E-state index is 12.0. The van der Waals surface area contributed by atoms with Crippen LogP contribution in [0.4, 0.5) is 0 Å². The van der Waals surface area contributed by atoms with Crippen molar-refractivity contribution < 1.29 is 9.59 Å². The molecule has 0 spiro atoms. The van der Waals surface area contributed by atoms with Gasteiger partial charge in [0, 0.05) is 24.5 Å². The standard InChI is InChI=1S/C15H25N3O2/c1-9(15(20)18-11-2-3-11)16-14(19)8-10-6-12-4-5-13(7-10)17-12/h9-13,17H,2-8H2,1H3,(H,16,19)(H,18,20). The lowest BCUT2D eigenvalue weighted by atomic mass is 9.89. The number of carbonyl (C=O) groups is 2. The molecule has 3 unspecified atom stereocenters. The number of hydrogen-bond acceptors (Lipinski definition) is 3. The Morgan fingerprint density at radius 3 is 2.40 bits per heavy atom. The second-order valence-corrected chi connectivity index (χ2v) is 6.75.